The van der Waals surface area contributed by atoms with E-state index in [1.54, 1.807) is 6.08 Å². The molecule has 2 aromatic rings. The zero-order valence-corrected chi connectivity index (χ0v) is 21.2. The molecule has 2 N–H and O–H groups in total. The van der Waals surface area contributed by atoms with Crippen LogP contribution in [0.1, 0.15) is 61.3 Å². The summed E-state index contributed by atoms with van der Waals surface area (Å²) in [6.45, 7) is 8.03. The molecule has 1 fully saturated rings. The standard InChI is InChI=1S/C29H36ClNO4/c1-3-5-19-14-23(30)8-10-24(19)22-17-31(16-21-6-9-25(21)27(33)4-2)26-15-20(28(34)12-13-32)7-11-29(26)35-18-22/h4,7-8,10-11,13-15,21-22,25,27-28,33-34H,2-3,5-6,9,12,16-18H2,1H3. The smallest absolute Gasteiger partial charge is 0.142 e. The second-order valence-corrected chi connectivity index (χ2v) is 10.3. The largest absolute Gasteiger partial charge is 0.491 e. The summed E-state index contributed by atoms with van der Waals surface area (Å²) >= 11 is 6.33. The van der Waals surface area contributed by atoms with Gasteiger partial charge < -0.3 is 24.6 Å². The van der Waals surface area contributed by atoms with Gasteiger partial charge in [-0.15, -0.1) is 6.58 Å². The zero-order chi connectivity index (χ0) is 24.9. The SMILES string of the molecule is C=CC(O)C1CCC1CN1CC(c2ccc(Cl)cc2CCC)COc2ccc(C(O)CC=O)cc21. The molecule has 2 aromatic carbocycles. The van der Waals surface area contributed by atoms with Gasteiger partial charge in [-0.05, 0) is 72.1 Å². The van der Waals surface area contributed by atoms with Gasteiger partial charge in [0.1, 0.15) is 12.0 Å². The van der Waals surface area contributed by atoms with E-state index in [0.29, 0.717) is 18.1 Å². The number of hydrogen-bond acceptors (Lipinski definition) is 5. The molecule has 1 saturated carbocycles. The van der Waals surface area contributed by atoms with E-state index < -0.39 is 12.2 Å². The van der Waals surface area contributed by atoms with E-state index in [4.69, 9.17) is 16.3 Å². The lowest BCUT2D eigenvalue weighted by Crippen LogP contribution is -2.43. The van der Waals surface area contributed by atoms with Crippen molar-refractivity contribution < 1.29 is 19.7 Å². The summed E-state index contributed by atoms with van der Waals surface area (Å²) in [5.41, 5.74) is 4.15. The lowest BCUT2D eigenvalue weighted by Gasteiger charge is -2.42. The van der Waals surface area contributed by atoms with Gasteiger partial charge in [0, 0.05) is 30.5 Å². The van der Waals surface area contributed by atoms with Crippen LogP contribution < -0.4 is 9.64 Å². The minimum absolute atomic E-state index is 0.0592. The first-order chi connectivity index (χ1) is 16.9. The molecule has 0 saturated heterocycles. The van der Waals surface area contributed by atoms with Crippen molar-refractivity contribution in [2.75, 3.05) is 24.6 Å². The van der Waals surface area contributed by atoms with Crippen molar-refractivity contribution in [2.24, 2.45) is 11.8 Å². The molecule has 6 heteroatoms. The number of aliphatic hydroxyl groups excluding tert-OH is 2. The highest BCUT2D eigenvalue weighted by atomic mass is 35.5. The van der Waals surface area contributed by atoms with Crippen molar-refractivity contribution >= 4 is 23.6 Å². The summed E-state index contributed by atoms with van der Waals surface area (Å²) in [5.74, 6) is 1.47. The first-order valence-electron chi connectivity index (χ1n) is 12.7. The highest BCUT2D eigenvalue weighted by molar-refractivity contribution is 6.30. The summed E-state index contributed by atoms with van der Waals surface area (Å²) < 4.78 is 6.34. The molecule has 5 nitrogen and oxygen atoms in total. The maximum Gasteiger partial charge on any atom is 0.142 e. The number of fused-ring (bicyclic) bond motifs is 1. The van der Waals surface area contributed by atoms with Crippen molar-refractivity contribution in [1.29, 1.82) is 0 Å². The van der Waals surface area contributed by atoms with E-state index >= 15 is 0 Å². The number of ether oxygens (including phenoxy) is 1. The lowest BCUT2D eigenvalue weighted by molar-refractivity contribution is -0.109. The van der Waals surface area contributed by atoms with Crippen molar-refractivity contribution in [1.82, 2.24) is 0 Å². The minimum atomic E-state index is -0.842. The number of aliphatic hydroxyl groups is 2. The van der Waals surface area contributed by atoms with E-state index in [-0.39, 0.29) is 18.3 Å². The molecule has 4 rings (SSSR count). The first kappa shape index (κ1) is 25.7. The predicted octanol–water partition coefficient (Wildman–Crippen LogP) is 5.47. The zero-order valence-electron chi connectivity index (χ0n) is 20.4. The van der Waals surface area contributed by atoms with Crippen LogP contribution in [-0.2, 0) is 11.2 Å². The van der Waals surface area contributed by atoms with E-state index in [0.717, 1.165) is 61.5 Å². The Morgan fingerprint density at radius 1 is 1.23 bits per heavy atom. The minimum Gasteiger partial charge on any atom is -0.491 e. The fraction of sp³-hybridized carbons (Fsp3) is 0.483. The number of halogens is 1. The molecule has 1 aliphatic heterocycles. The van der Waals surface area contributed by atoms with E-state index in [9.17, 15) is 15.0 Å². The van der Waals surface area contributed by atoms with Crippen LogP contribution >= 0.6 is 11.6 Å². The van der Waals surface area contributed by atoms with Gasteiger partial charge in [0.05, 0.1) is 24.5 Å². The van der Waals surface area contributed by atoms with E-state index in [2.05, 4.69) is 30.5 Å². The fourth-order valence-corrected chi connectivity index (χ4v) is 5.69. The maximum absolute atomic E-state index is 11.0. The molecule has 0 spiro atoms. The second-order valence-electron chi connectivity index (χ2n) is 9.88. The Bertz CT molecular complexity index is 1040. The molecule has 1 aliphatic carbocycles. The number of benzene rings is 2. The fourth-order valence-electron chi connectivity index (χ4n) is 5.49. The third-order valence-corrected chi connectivity index (χ3v) is 7.82. The van der Waals surface area contributed by atoms with Crippen LogP contribution in [-0.4, -0.2) is 42.3 Å². The maximum atomic E-state index is 11.0. The normalized spacial score (nSPS) is 23.3. The number of carbonyl (C=O) groups excluding carboxylic acids is 1. The summed E-state index contributed by atoms with van der Waals surface area (Å²) in [7, 11) is 0. The Morgan fingerprint density at radius 2 is 2.06 bits per heavy atom. The van der Waals surface area contributed by atoms with Crippen LogP contribution in [0.3, 0.4) is 0 Å². The Balaban J connectivity index is 1.68. The molecule has 0 aromatic heterocycles. The van der Waals surface area contributed by atoms with Gasteiger partial charge in [0.25, 0.3) is 0 Å². The number of aldehydes is 1. The molecule has 5 unspecified atom stereocenters. The topological polar surface area (TPSA) is 70.0 Å². The van der Waals surface area contributed by atoms with Crippen molar-refractivity contribution in [3.8, 4) is 5.75 Å². The van der Waals surface area contributed by atoms with Crippen molar-refractivity contribution in [3.63, 3.8) is 0 Å². The van der Waals surface area contributed by atoms with Gasteiger partial charge in [-0.1, -0.05) is 43.2 Å². The van der Waals surface area contributed by atoms with Crippen LogP contribution in [0.2, 0.25) is 5.02 Å². The monoisotopic (exact) mass is 497 g/mol. The Labute approximate surface area is 213 Å². The molecular weight excluding hydrogens is 462 g/mol. The average Bonchev–Trinajstić information content (AvgIpc) is 3.01. The Morgan fingerprint density at radius 3 is 2.74 bits per heavy atom. The van der Waals surface area contributed by atoms with Crippen molar-refractivity contribution in [2.45, 2.75) is 57.2 Å². The summed E-state index contributed by atoms with van der Waals surface area (Å²) in [6, 6.07) is 11.8. The van der Waals surface area contributed by atoms with Crippen LogP contribution in [0.25, 0.3) is 0 Å². The first-order valence-corrected chi connectivity index (χ1v) is 13.0. The van der Waals surface area contributed by atoms with Gasteiger partial charge in [0.2, 0.25) is 0 Å². The molecule has 0 amide bonds. The number of carbonyl (C=O) groups is 1. The molecule has 1 heterocycles. The van der Waals surface area contributed by atoms with Gasteiger partial charge in [-0.25, -0.2) is 0 Å². The molecule has 0 radical (unpaired) electrons. The van der Waals surface area contributed by atoms with E-state index in [1.165, 1.54) is 11.1 Å². The number of aryl methyl sites for hydroxylation is 1. The Hall–Kier alpha value is -2.34. The van der Waals surface area contributed by atoms with Crippen LogP contribution in [0, 0.1) is 11.8 Å². The predicted molar refractivity (Wildman–Crippen MR) is 140 cm³/mol. The van der Waals surface area contributed by atoms with Crippen LogP contribution in [0.4, 0.5) is 5.69 Å². The van der Waals surface area contributed by atoms with Crippen molar-refractivity contribution in [3.05, 3.63) is 70.8 Å². The van der Waals surface area contributed by atoms with Crippen LogP contribution in [0.5, 0.6) is 5.75 Å². The summed E-state index contributed by atoms with van der Waals surface area (Å²) in [6.07, 6.45) is 5.14. The van der Waals surface area contributed by atoms with Gasteiger partial charge in [-0.3, -0.25) is 0 Å². The van der Waals surface area contributed by atoms with Gasteiger partial charge in [-0.2, -0.15) is 0 Å². The molecule has 5 atom stereocenters. The highest BCUT2D eigenvalue weighted by Gasteiger charge is 2.37. The highest BCUT2D eigenvalue weighted by Crippen LogP contribution is 2.42. The lowest BCUT2D eigenvalue weighted by atomic mass is 9.70. The summed E-state index contributed by atoms with van der Waals surface area (Å²) in [5, 5.41) is 21.6. The van der Waals surface area contributed by atoms with Gasteiger partial charge >= 0.3 is 0 Å². The van der Waals surface area contributed by atoms with E-state index in [1.807, 2.05) is 24.3 Å². The van der Waals surface area contributed by atoms with Gasteiger partial charge in [0.15, 0.2) is 0 Å². The molecule has 0 bridgehead atoms. The number of hydrogen-bond donors (Lipinski definition) is 2. The molecule has 188 valence electrons. The average molecular weight is 498 g/mol. The molecule has 35 heavy (non-hydrogen) atoms. The number of nitrogens with zero attached hydrogens (tertiary/aromatic N) is 1. The quantitative estimate of drug-likeness (QED) is 0.336. The molecular formula is C29H36ClNO4. The third-order valence-electron chi connectivity index (χ3n) is 7.58. The van der Waals surface area contributed by atoms with Crippen LogP contribution in [0.15, 0.2) is 49.1 Å². The second kappa shape index (κ2) is 11.6. The Kier molecular flexibility index (Phi) is 8.53. The number of anilines is 1. The molecule has 2 aliphatic rings. The third kappa shape index (κ3) is 5.74. The summed E-state index contributed by atoms with van der Waals surface area (Å²) in [4.78, 5) is 13.3. The number of rotatable bonds is 10.